The van der Waals surface area contributed by atoms with Crippen molar-refractivity contribution < 1.29 is 13.6 Å². The highest BCUT2D eigenvalue weighted by molar-refractivity contribution is 5.78. The second-order valence-corrected chi connectivity index (χ2v) is 4.35. The maximum absolute atomic E-state index is 12.8. The lowest BCUT2D eigenvalue weighted by Gasteiger charge is -1.98. The molecular formula is C14H10FN5O3. The van der Waals surface area contributed by atoms with Crippen LogP contribution in [-0.4, -0.2) is 30.1 Å². The van der Waals surface area contributed by atoms with Crippen LogP contribution in [0.4, 0.5) is 9.18 Å². The number of fused-ring (bicyclic) bond motifs is 1. The summed E-state index contributed by atoms with van der Waals surface area (Å²) in [5, 5.41) is 0. The van der Waals surface area contributed by atoms with Crippen molar-refractivity contribution in [3.8, 4) is 0 Å². The summed E-state index contributed by atoms with van der Waals surface area (Å²) in [6.07, 6.45) is 9.17. The summed E-state index contributed by atoms with van der Waals surface area (Å²) < 4.78 is 20.1. The summed E-state index contributed by atoms with van der Waals surface area (Å²) >= 11 is 0. The molecule has 4 aromatic rings. The maximum Gasteiger partial charge on any atom is 0.417 e. The van der Waals surface area contributed by atoms with Crippen LogP contribution in [0.1, 0.15) is 0 Å². The molecule has 3 aromatic heterocycles. The SMILES string of the molecule is O=C(n1ccnc1)n1ccnc1.O=c1[nH]c2c(F)cccc2o1. The normalized spacial score (nSPS) is 10.3. The summed E-state index contributed by atoms with van der Waals surface area (Å²) in [5.41, 5.74) is 0.368. The van der Waals surface area contributed by atoms with Gasteiger partial charge in [-0.1, -0.05) is 6.07 Å². The molecule has 1 aromatic carbocycles. The number of nitrogens with zero attached hydrogens (tertiary/aromatic N) is 4. The van der Waals surface area contributed by atoms with Gasteiger partial charge in [-0.05, 0) is 12.1 Å². The molecule has 116 valence electrons. The highest BCUT2D eigenvalue weighted by Crippen LogP contribution is 2.12. The molecule has 0 aliphatic carbocycles. The largest absolute Gasteiger partial charge is 0.417 e. The minimum Gasteiger partial charge on any atom is -0.408 e. The molecule has 1 N–H and O–H groups in total. The van der Waals surface area contributed by atoms with Crippen LogP contribution < -0.4 is 5.76 Å². The molecule has 3 heterocycles. The Labute approximate surface area is 127 Å². The topological polar surface area (TPSA) is 98.7 Å². The summed E-state index contributed by atoms with van der Waals surface area (Å²) in [5.74, 6) is -1.11. The molecule has 0 aliphatic rings. The highest BCUT2D eigenvalue weighted by atomic mass is 19.1. The monoisotopic (exact) mass is 315 g/mol. The Hall–Kier alpha value is -3.49. The number of imidazole rings is 2. The molecule has 8 nitrogen and oxygen atoms in total. The van der Waals surface area contributed by atoms with Gasteiger partial charge in [0.1, 0.15) is 18.2 Å². The van der Waals surface area contributed by atoms with E-state index in [0.29, 0.717) is 0 Å². The number of halogens is 1. The number of oxazole rings is 1. The number of aromatic amines is 1. The van der Waals surface area contributed by atoms with E-state index < -0.39 is 11.6 Å². The number of benzene rings is 1. The molecule has 4 rings (SSSR count). The average molecular weight is 315 g/mol. The second kappa shape index (κ2) is 6.10. The first-order valence-corrected chi connectivity index (χ1v) is 6.43. The minimum absolute atomic E-state index is 0.123. The molecule has 0 saturated carbocycles. The van der Waals surface area contributed by atoms with E-state index in [4.69, 9.17) is 0 Å². The van der Waals surface area contributed by atoms with E-state index in [1.807, 2.05) is 0 Å². The van der Waals surface area contributed by atoms with Gasteiger partial charge in [0.25, 0.3) is 0 Å². The van der Waals surface area contributed by atoms with Gasteiger partial charge >= 0.3 is 11.8 Å². The zero-order valence-electron chi connectivity index (χ0n) is 11.6. The number of rotatable bonds is 0. The van der Waals surface area contributed by atoms with Crippen LogP contribution in [0, 0.1) is 5.82 Å². The molecule has 9 heteroatoms. The van der Waals surface area contributed by atoms with Crippen molar-refractivity contribution in [2.75, 3.05) is 0 Å². The zero-order valence-corrected chi connectivity index (χ0v) is 11.6. The van der Waals surface area contributed by atoms with Crippen LogP contribution in [0.25, 0.3) is 11.1 Å². The number of H-pyrrole nitrogens is 1. The average Bonchev–Trinajstić information content (AvgIpc) is 3.29. The van der Waals surface area contributed by atoms with Crippen LogP contribution in [0.15, 0.2) is 64.9 Å². The van der Waals surface area contributed by atoms with Crippen molar-refractivity contribution in [1.29, 1.82) is 0 Å². The molecule has 0 spiro atoms. The van der Waals surface area contributed by atoms with Crippen molar-refractivity contribution in [3.05, 3.63) is 72.0 Å². The third-order valence-corrected chi connectivity index (χ3v) is 2.86. The summed E-state index contributed by atoms with van der Waals surface area (Å²) in [7, 11) is 0. The van der Waals surface area contributed by atoms with Gasteiger partial charge in [0.05, 0.1) is 0 Å². The molecule has 0 bridgehead atoms. The summed E-state index contributed by atoms with van der Waals surface area (Å²) in [6.45, 7) is 0. The van der Waals surface area contributed by atoms with Gasteiger partial charge in [-0.15, -0.1) is 0 Å². The Morgan fingerprint density at radius 2 is 1.78 bits per heavy atom. The van der Waals surface area contributed by atoms with Crippen LogP contribution in [0.2, 0.25) is 0 Å². The van der Waals surface area contributed by atoms with E-state index >= 15 is 0 Å². The second-order valence-electron chi connectivity index (χ2n) is 4.35. The number of carbonyl (C=O) groups excluding carboxylic acids is 1. The fourth-order valence-corrected chi connectivity index (χ4v) is 1.82. The van der Waals surface area contributed by atoms with E-state index in [1.54, 1.807) is 24.8 Å². The molecule has 0 aliphatic heterocycles. The first-order chi connectivity index (χ1) is 11.1. The maximum atomic E-state index is 12.8. The predicted molar refractivity (Wildman–Crippen MR) is 77.4 cm³/mol. The van der Waals surface area contributed by atoms with Gasteiger partial charge in [-0.25, -0.2) is 23.9 Å². The van der Waals surface area contributed by atoms with Gasteiger partial charge in [0, 0.05) is 24.8 Å². The first kappa shape index (κ1) is 14.4. The lowest BCUT2D eigenvalue weighted by molar-refractivity contribution is 0.244. The van der Waals surface area contributed by atoms with Gasteiger partial charge in [0.2, 0.25) is 0 Å². The molecule has 0 amide bonds. The summed E-state index contributed by atoms with van der Waals surface area (Å²) in [4.78, 5) is 31.7. The van der Waals surface area contributed by atoms with Crippen LogP contribution in [-0.2, 0) is 0 Å². The smallest absolute Gasteiger partial charge is 0.408 e. The van der Waals surface area contributed by atoms with Crippen LogP contribution in [0.3, 0.4) is 0 Å². The van der Waals surface area contributed by atoms with Crippen LogP contribution in [0.5, 0.6) is 0 Å². The first-order valence-electron chi connectivity index (χ1n) is 6.43. The molecular weight excluding hydrogens is 305 g/mol. The van der Waals surface area contributed by atoms with Crippen LogP contribution >= 0.6 is 0 Å². The molecule has 0 unspecified atom stereocenters. The fraction of sp³-hybridized carbons (Fsp3) is 0. The molecule has 0 atom stereocenters. The van der Waals surface area contributed by atoms with Gasteiger partial charge in [0.15, 0.2) is 11.4 Å². The third kappa shape index (κ3) is 3.07. The van der Waals surface area contributed by atoms with E-state index in [9.17, 15) is 14.0 Å². The van der Waals surface area contributed by atoms with Crippen molar-refractivity contribution in [2.45, 2.75) is 0 Å². The Balaban J connectivity index is 0.000000136. The van der Waals surface area contributed by atoms with E-state index in [1.165, 1.54) is 40.0 Å². The van der Waals surface area contributed by atoms with Crippen molar-refractivity contribution >= 4 is 17.1 Å². The molecule has 0 fully saturated rings. The van der Waals surface area contributed by atoms with E-state index in [0.717, 1.165) is 0 Å². The quantitative estimate of drug-likeness (QED) is 0.534. The van der Waals surface area contributed by atoms with Crippen molar-refractivity contribution in [2.24, 2.45) is 0 Å². The number of aromatic nitrogens is 5. The third-order valence-electron chi connectivity index (χ3n) is 2.86. The Morgan fingerprint density at radius 1 is 1.13 bits per heavy atom. The van der Waals surface area contributed by atoms with Crippen molar-refractivity contribution in [1.82, 2.24) is 24.1 Å². The standard InChI is InChI=1S/C7H4FNO2.C7H6N4O/c8-4-2-1-3-5-6(4)9-7(10)11-5;12-7(10-3-1-8-5-10)11-4-2-9-6-11/h1-3H,(H,9,10);1-6H. The van der Waals surface area contributed by atoms with E-state index in [2.05, 4.69) is 19.4 Å². The number of hydrogen-bond acceptors (Lipinski definition) is 5. The highest BCUT2D eigenvalue weighted by Gasteiger charge is 2.04. The lowest BCUT2D eigenvalue weighted by atomic mass is 10.3. The molecule has 23 heavy (non-hydrogen) atoms. The Morgan fingerprint density at radius 3 is 2.30 bits per heavy atom. The zero-order chi connectivity index (χ0) is 16.2. The number of nitrogens with one attached hydrogen (secondary N) is 1. The lowest BCUT2D eigenvalue weighted by Crippen LogP contribution is -2.15. The van der Waals surface area contributed by atoms with Gasteiger partial charge < -0.3 is 4.42 Å². The Bertz CT molecular complexity index is 933. The molecule has 0 radical (unpaired) electrons. The fourth-order valence-electron chi connectivity index (χ4n) is 1.82. The summed E-state index contributed by atoms with van der Waals surface area (Å²) in [6, 6.07) is 4.07. The van der Waals surface area contributed by atoms with Gasteiger partial charge in [-0.2, -0.15) is 0 Å². The number of para-hydroxylation sites is 1. The Kier molecular flexibility index (Phi) is 3.83. The number of hydrogen-bond donors (Lipinski definition) is 1. The predicted octanol–water partition coefficient (Wildman–Crippen LogP) is 1.86. The number of carbonyl (C=O) groups is 1. The van der Waals surface area contributed by atoms with E-state index in [-0.39, 0.29) is 17.1 Å². The molecule has 0 saturated heterocycles. The minimum atomic E-state index is -0.634. The van der Waals surface area contributed by atoms with Crippen molar-refractivity contribution in [3.63, 3.8) is 0 Å². The van der Waals surface area contributed by atoms with Gasteiger partial charge in [-0.3, -0.25) is 14.1 Å².